The topological polar surface area (TPSA) is 130 Å². The molecule has 4 atom stereocenters. The van der Waals surface area contributed by atoms with E-state index in [2.05, 4.69) is 17.4 Å². The van der Waals surface area contributed by atoms with E-state index in [4.69, 9.17) is 15.9 Å². The quantitative estimate of drug-likeness (QED) is 0.186. The van der Waals surface area contributed by atoms with Gasteiger partial charge in [0.25, 0.3) is 0 Å². The standard InChI is InChI=1S/C8H15NO6S/c9-4(3-16)8(14)15-6(2-11)7(13)5(12)1-10/h2,4-7,10,12-13,16H,1,3,9H2. The Labute approximate surface area is 97.6 Å². The summed E-state index contributed by atoms with van der Waals surface area (Å²) in [6.07, 6.45) is -4.69. The number of rotatable bonds is 7. The molecule has 0 aromatic carbocycles. The molecule has 5 N–H and O–H groups in total. The van der Waals surface area contributed by atoms with Gasteiger partial charge in [-0.05, 0) is 0 Å². The lowest BCUT2D eigenvalue weighted by atomic mass is 10.1. The molecule has 0 aromatic rings. The molecule has 0 aromatic heterocycles. The second kappa shape index (κ2) is 7.58. The van der Waals surface area contributed by atoms with Gasteiger partial charge in [0.15, 0.2) is 12.4 Å². The Balaban J connectivity index is 4.40. The van der Waals surface area contributed by atoms with Crippen LogP contribution in [-0.4, -0.2) is 64.3 Å². The van der Waals surface area contributed by atoms with E-state index in [-0.39, 0.29) is 12.0 Å². The number of carbonyl (C=O) groups excluding carboxylic acids is 2. The predicted molar refractivity (Wildman–Crippen MR) is 56.9 cm³/mol. The fourth-order valence-electron chi connectivity index (χ4n) is 0.801. The molecule has 0 spiro atoms. The Morgan fingerprint density at radius 3 is 2.44 bits per heavy atom. The van der Waals surface area contributed by atoms with Crippen LogP contribution in [0, 0.1) is 0 Å². The van der Waals surface area contributed by atoms with Crippen molar-refractivity contribution in [3.63, 3.8) is 0 Å². The van der Waals surface area contributed by atoms with E-state index in [1.807, 2.05) is 0 Å². The summed E-state index contributed by atoms with van der Waals surface area (Å²) in [5.41, 5.74) is 5.27. The third-order valence-electron chi connectivity index (χ3n) is 1.80. The summed E-state index contributed by atoms with van der Waals surface area (Å²) in [5.74, 6) is -0.903. The summed E-state index contributed by atoms with van der Waals surface area (Å²) in [6.45, 7) is -0.762. The normalized spacial score (nSPS) is 18.3. The fraction of sp³-hybridized carbons (Fsp3) is 0.750. The first kappa shape index (κ1) is 15.3. The van der Waals surface area contributed by atoms with Crippen molar-refractivity contribution < 1.29 is 29.6 Å². The molecule has 16 heavy (non-hydrogen) atoms. The number of aldehydes is 1. The van der Waals surface area contributed by atoms with Crippen LogP contribution >= 0.6 is 12.6 Å². The number of ether oxygens (including phenoxy) is 1. The van der Waals surface area contributed by atoms with E-state index in [0.29, 0.717) is 0 Å². The Morgan fingerprint density at radius 1 is 1.50 bits per heavy atom. The van der Waals surface area contributed by atoms with Crippen molar-refractivity contribution in [3.8, 4) is 0 Å². The molecule has 0 saturated carbocycles. The van der Waals surface area contributed by atoms with E-state index >= 15 is 0 Å². The summed E-state index contributed by atoms with van der Waals surface area (Å²) in [5, 5.41) is 26.9. The van der Waals surface area contributed by atoms with Crippen LogP contribution in [0.1, 0.15) is 0 Å². The summed E-state index contributed by atoms with van der Waals surface area (Å²) in [6, 6.07) is -1.02. The molecule has 0 rings (SSSR count). The minimum atomic E-state index is -1.70. The molecular weight excluding hydrogens is 238 g/mol. The van der Waals surface area contributed by atoms with Crippen LogP contribution in [0.5, 0.6) is 0 Å². The van der Waals surface area contributed by atoms with Crippen LogP contribution in [0.2, 0.25) is 0 Å². The lowest BCUT2D eigenvalue weighted by molar-refractivity contribution is -0.164. The smallest absolute Gasteiger partial charge is 0.324 e. The largest absolute Gasteiger partial charge is 0.451 e. The minimum absolute atomic E-state index is 0.0169. The molecule has 94 valence electrons. The number of aliphatic hydroxyl groups is 3. The second-order valence-electron chi connectivity index (χ2n) is 3.07. The highest BCUT2D eigenvalue weighted by Crippen LogP contribution is 2.04. The first-order valence-corrected chi connectivity index (χ1v) is 5.10. The van der Waals surface area contributed by atoms with Crippen LogP contribution < -0.4 is 5.73 Å². The van der Waals surface area contributed by atoms with Crippen molar-refractivity contribution in [1.82, 2.24) is 0 Å². The van der Waals surface area contributed by atoms with E-state index in [1.165, 1.54) is 0 Å². The monoisotopic (exact) mass is 253 g/mol. The SMILES string of the molecule is NC(CS)C(=O)OC(C=O)C(O)C(O)CO. The summed E-state index contributed by atoms with van der Waals surface area (Å²) < 4.78 is 4.54. The van der Waals surface area contributed by atoms with Crippen molar-refractivity contribution in [2.45, 2.75) is 24.4 Å². The molecule has 0 amide bonds. The fourth-order valence-corrected chi connectivity index (χ4v) is 0.950. The lowest BCUT2D eigenvalue weighted by Gasteiger charge is -2.22. The average Bonchev–Trinajstić information content (AvgIpc) is 2.32. The molecule has 0 saturated heterocycles. The Bertz CT molecular complexity index is 239. The predicted octanol–water partition coefficient (Wildman–Crippen LogP) is -2.93. The van der Waals surface area contributed by atoms with Gasteiger partial charge in [-0.1, -0.05) is 0 Å². The number of nitrogens with two attached hydrogens (primary N) is 1. The molecular formula is C8H15NO6S. The van der Waals surface area contributed by atoms with Crippen LogP contribution in [0.15, 0.2) is 0 Å². The third-order valence-corrected chi connectivity index (χ3v) is 2.20. The molecule has 0 bridgehead atoms. The van der Waals surface area contributed by atoms with Crippen LogP contribution in [-0.2, 0) is 14.3 Å². The van der Waals surface area contributed by atoms with Gasteiger partial charge in [0, 0.05) is 5.75 Å². The highest BCUT2D eigenvalue weighted by Gasteiger charge is 2.30. The number of carbonyl (C=O) groups is 2. The van der Waals surface area contributed by atoms with Gasteiger partial charge in [-0.3, -0.25) is 9.59 Å². The minimum Gasteiger partial charge on any atom is -0.451 e. The summed E-state index contributed by atoms with van der Waals surface area (Å²) in [7, 11) is 0. The van der Waals surface area contributed by atoms with Crippen molar-refractivity contribution in [2.24, 2.45) is 5.73 Å². The van der Waals surface area contributed by atoms with Crippen molar-refractivity contribution in [2.75, 3.05) is 12.4 Å². The number of aliphatic hydroxyl groups excluding tert-OH is 3. The Kier molecular flexibility index (Phi) is 7.26. The highest BCUT2D eigenvalue weighted by atomic mass is 32.1. The van der Waals surface area contributed by atoms with Gasteiger partial charge in [0.1, 0.15) is 18.2 Å². The van der Waals surface area contributed by atoms with Gasteiger partial charge in [-0.15, -0.1) is 0 Å². The zero-order valence-corrected chi connectivity index (χ0v) is 9.29. The summed E-state index contributed by atoms with van der Waals surface area (Å²) in [4.78, 5) is 21.7. The Hall–Kier alpha value is -0.670. The van der Waals surface area contributed by atoms with E-state index < -0.39 is 36.9 Å². The number of thiol groups is 1. The zero-order chi connectivity index (χ0) is 12.7. The number of hydrogen-bond acceptors (Lipinski definition) is 8. The first-order valence-electron chi connectivity index (χ1n) is 4.47. The average molecular weight is 253 g/mol. The van der Waals surface area contributed by atoms with Crippen molar-refractivity contribution in [3.05, 3.63) is 0 Å². The number of esters is 1. The van der Waals surface area contributed by atoms with E-state index in [1.54, 1.807) is 0 Å². The maximum absolute atomic E-state index is 11.1. The van der Waals surface area contributed by atoms with Crippen molar-refractivity contribution in [1.29, 1.82) is 0 Å². The molecule has 8 heteroatoms. The van der Waals surface area contributed by atoms with Gasteiger partial charge in [-0.25, -0.2) is 0 Å². The molecule has 0 aliphatic rings. The number of hydrogen-bond donors (Lipinski definition) is 5. The van der Waals surface area contributed by atoms with Gasteiger partial charge in [-0.2, -0.15) is 12.6 Å². The van der Waals surface area contributed by atoms with Crippen molar-refractivity contribution >= 4 is 24.9 Å². The van der Waals surface area contributed by atoms with E-state index in [0.717, 1.165) is 0 Å². The third kappa shape index (κ3) is 4.45. The summed E-state index contributed by atoms with van der Waals surface area (Å²) >= 11 is 3.75. The van der Waals surface area contributed by atoms with Crippen LogP contribution in [0.4, 0.5) is 0 Å². The molecule has 4 unspecified atom stereocenters. The van der Waals surface area contributed by atoms with Crippen LogP contribution in [0.25, 0.3) is 0 Å². The molecule has 7 nitrogen and oxygen atoms in total. The van der Waals surface area contributed by atoms with Gasteiger partial charge < -0.3 is 25.8 Å². The van der Waals surface area contributed by atoms with Gasteiger partial charge in [0.05, 0.1) is 6.61 Å². The molecule has 0 aliphatic heterocycles. The van der Waals surface area contributed by atoms with E-state index in [9.17, 15) is 14.7 Å². The molecule has 0 fully saturated rings. The van der Waals surface area contributed by atoms with Gasteiger partial charge >= 0.3 is 5.97 Å². The Morgan fingerprint density at radius 2 is 2.06 bits per heavy atom. The van der Waals surface area contributed by atoms with Crippen LogP contribution in [0.3, 0.4) is 0 Å². The second-order valence-corrected chi connectivity index (χ2v) is 3.43. The lowest BCUT2D eigenvalue weighted by Crippen LogP contribution is -2.46. The maximum atomic E-state index is 11.1. The maximum Gasteiger partial charge on any atom is 0.324 e. The van der Waals surface area contributed by atoms with Gasteiger partial charge in [0.2, 0.25) is 0 Å². The highest BCUT2D eigenvalue weighted by molar-refractivity contribution is 7.80. The zero-order valence-electron chi connectivity index (χ0n) is 8.39. The molecule has 0 radical (unpaired) electrons. The first-order chi connectivity index (χ1) is 7.47. The molecule has 0 heterocycles. The molecule has 0 aliphatic carbocycles.